The number of hydrogen-bond donors (Lipinski definition) is 0. The first-order chi connectivity index (χ1) is 19.0. The quantitative estimate of drug-likeness (QED) is 0.262. The van der Waals surface area contributed by atoms with Crippen molar-refractivity contribution < 1.29 is 39.9 Å². The van der Waals surface area contributed by atoms with Crippen LogP contribution in [-0.4, -0.2) is 25.4 Å². The van der Waals surface area contributed by atoms with Crippen LogP contribution in [0, 0.1) is 35.3 Å². The molecule has 9 heteroatoms. The van der Waals surface area contributed by atoms with Gasteiger partial charge in [0.05, 0.1) is 6.67 Å². The highest BCUT2D eigenvalue weighted by atomic mass is 19.3. The molecular weight excluding hydrogens is 540 g/mol. The summed E-state index contributed by atoms with van der Waals surface area (Å²) in [6.07, 6.45) is 4.93. The summed E-state index contributed by atoms with van der Waals surface area (Å²) in [5.74, 6) is -1.85. The molecular formula is C31H44F8O. The lowest BCUT2D eigenvalue weighted by Crippen LogP contribution is -2.34. The summed E-state index contributed by atoms with van der Waals surface area (Å²) in [4.78, 5) is 0. The van der Waals surface area contributed by atoms with E-state index >= 15 is 0 Å². The average Bonchev–Trinajstić information content (AvgIpc) is 2.93. The highest BCUT2D eigenvalue weighted by Gasteiger charge is 2.45. The molecule has 0 aliphatic heterocycles. The van der Waals surface area contributed by atoms with E-state index in [0.29, 0.717) is 49.0 Å². The van der Waals surface area contributed by atoms with Crippen molar-refractivity contribution in [2.24, 2.45) is 23.7 Å². The van der Waals surface area contributed by atoms with Gasteiger partial charge in [0.15, 0.2) is 17.4 Å². The van der Waals surface area contributed by atoms with Gasteiger partial charge in [-0.05, 0) is 105 Å². The van der Waals surface area contributed by atoms with Gasteiger partial charge < -0.3 is 4.74 Å². The van der Waals surface area contributed by atoms with Gasteiger partial charge in [-0.25, -0.2) is 13.2 Å². The molecule has 3 aliphatic carbocycles. The number of hydrogen-bond acceptors (Lipinski definition) is 1. The molecule has 0 radical (unpaired) electrons. The smallest absolute Gasteiger partial charge is 0.422 e. The molecule has 0 atom stereocenters. The lowest BCUT2D eigenvalue weighted by molar-refractivity contribution is -0.255. The zero-order valence-electron chi connectivity index (χ0n) is 23.4. The molecule has 1 nitrogen and oxygen atoms in total. The van der Waals surface area contributed by atoms with Crippen LogP contribution < -0.4 is 4.74 Å². The Morgan fingerprint density at radius 2 is 1.25 bits per heavy atom. The summed E-state index contributed by atoms with van der Waals surface area (Å²) in [6, 6.07) is 1.78. The molecule has 0 bridgehead atoms. The van der Waals surface area contributed by atoms with Gasteiger partial charge in [-0.2, -0.15) is 17.6 Å². The third-order valence-corrected chi connectivity index (χ3v) is 9.30. The predicted molar refractivity (Wildman–Crippen MR) is 140 cm³/mol. The van der Waals surface area contributed by atoms with Crippen LogP contribution in [0.5, 0.6) is 5.75 Å². The minimum absolute atomic E-state index is 0.108. The Hall–Kier alpha value is -1.54. The van der Waals surface area contributed by atoms with Crippen molar-refractivity contribution in [3.05, 3.63) is 29.3 Å². The van der Waals surface area contributed by atoms with Crippen LogP contribution in [0.15, 0.2) is 12.1 Å². The highest BCUT2D eigenvalue weighted by Crippen LogP contribution is 2.44. The third kappa shape index (κ3) is 9.50. The zero-order valence-corrected chi connectivity index (χ0v) is 23.4. The van der Waals surface area contributed by atoms with E-state index in [2.05, 4.69) is 11.7 Å². The van der Waals surface area contributed by atoms with E-state index in [4.69, 9.17) is 0 Å². The maximum Gasteiger partial charge on any atom is 0.461 e. The van der Waals surface area contributed by atoms with Gasteiger partial charge in [0.1, 0.15) is 6.17 Å². The molecule has 230 valence electrons. The largest absolute Gasteiger partial charge is 0.461 e. The Labute approximate surface area is 233 Å². The van der Waals surface area contributed by atoms with Gasteiger partial charge in [-0.15, -0.1) is 0 Å². The van der Waals surface area contributed by atoms with Gasteiger partial charge in [0.25, 0.3) is 0 Å². The fraction of sp³-hybridized carbons (Fsp3) is 0.806. The molecule has 0 heterocycles. The van der Waals surface area contributed by atoms with E-state index in [1.54, 1.807) is 0 Å². The van der Waals surface area contributed by atoms with Gasteiger partial charge in [0.2, 0.25) is 0 Å². The SMILES string of the molecule is CCCC1CCC(CCF)CC1.Fc1cc(C2CCC(C3CCC(F)CC3)CC2)cc(F)c1OC(F)(F)C(F)F. The second-order valence-electron chi connectivity index (χ2n) is 12.1. The van der Waals surface area contributed by atoms with E-state index in [9.17, 15) is 35.1 Å². The van der Waals surface area contributed by atoms with E-state index in [0.717, 1.165) is 50.2 Å². The molecule has 0 saturated heterocycles. The maximum atomic E-state index is 14.1. The molecule has 40 heavy (non-hydrogen) atoms. The molecule has 0 unspecified atom stereocenters. The molecule has 1 aromatic rings. The van der Waals surface area contributed by atoms with Crippen LogP contribution in [0.3, 0.4) is 0 Å². The molecule has 3 saturated carbocycles. The maximum absolute atomic E-state index is 14.1. The van der Waals surface area contributed by atoms with Crippen LogP contribution in [0.4, 0.5) is 35.1 Å². The van der Waals surface area contributed by atoms with Crippen LogP contribution in [0.25, 0.3) is 0 Å². The molecule has 3 aliphatic rings. The van der Waals surface area contributed by atoms with E-state index in [-0.39, 0.29) is 12.6 Å². The van der Waals surface area contributed by atoms with E-state index < -0.39 is 36.1 Å². The predicted octanol–water partition coefficient (Wildman–Crippen LogP) is 11.0. The Morgan fingerprint density at radius 3 is 1.70 bits per heavy atom. The van der Waals surface area contributed by atoms with Crippen LogP contribution in [-0.2, 0) is 0 Å². The van der Waals surface area contributed by atoms with E-state index in [1.807, 2.05) is 0 Å². The number of halogens is 8. The van der Waals surface area contributed by atoms with Crippen molar-refractivity contribution in [1.29, 1.82) is 0 Å². The molecule has 0 amide bonds. The minimum Gasteiger partial charge on any atom is -0.422 e. The zero-order chi connectivity index (χ0) is 29.3. The molecule has 0 N–H and O–H groups in total. The fourth-order valence-electron chi connectivity index (χ4n) is 6.94. The first-order valence-corrected chi connectivity index (χ1v) is 15.1. The lowest BCUT2D eigenvalue weighted by atomic mass is 9.69. The Balaban J connectivity index is 0.000000307. The van der Waals surface area contributed by atoms with Crippen molar-refractivity contribution in [1.82, 2.24) is 0 Å². The monoisotopic (exact) mass is 584 g/mol. The summed E-state index contributed by atoms with van der Waals surface area (Å²) < 4.78 is 107. The Kier molecular flexibility index (Phi) is 12.9. The number of benzene rings is 1. The normalized spacial score (nSPS) is 29.6. The topological polar surface area (TPSA) is 9.23 Å². The van der Waals surface area contributed by atoms with Gasteiger partial charge in [-0.1, -0.05) is 45.4 Å². The van der Waals surface area contributed by atoms with Crippen molar-refractivity contribution in [2.45, 2.75) is 128 Å². The number of rotatable bonds is 9. The molecule has 0 spiro atoms. The van der Waals surface area contributed by atoms with Crippen LogP contribution in [0.2, 0.25) is 0 Å². The minimum atomic E-state index is -4.97. The number of alkyl halides is 6. The lowest BCUT2D eigenvalue weighted by Gasteiger charge is -2.36. The average molecular weight is 585 g/mol. The molecule has 3 fully saturated rings. The second kappa shape index (κ2) is 15.6. The summed E-state index contributed by atoms with van der Waals surface area (Å²) in [5.41, 5.74) is 0.314. The van der Waals surface area contributed by atoms with Gasteiger partial charge >= 0.3 is 12.5 Å². The molecule has 4 rings (SSSR count). The number of ether oxygens (including phenoxy) is 1. The fourth-order valence-corrected chi connectivity index (χ4v) is 6.94. The third-order valence-electron chi connectivity index (χ3n) is 9.30. The van der Waals surface area contributed by atoms with Crippen LogP contribution in [0.1, 0.15) is 115 Å². The molecule has 0 aromatic heterocycles. The first kappa shape index (κ1) is 33.0. The van der Waals surface area contributed by atoms with Gasteiger partial charge in [0, 0.05) is 0 Å². The summed E-state index contributed by atoms with van der Waals surface area (Å²) in [6.45, 7) is 2.15. The summed E-state index contributed by atoms with van der Waals surface area (Å²) >= 11 is 0. The van der Waals surface area contributed by atoms with Crippen molar-refractivity contribution >= 4 is 0 Å². The van der Waals surface area contributed by atoms with Crippen molar-refractivity contribution in [3.8, 4) is 5.75 Å². The van der Waals surface area contributed by atoms with Gasteiger partial charge in [-0.3, -0.25) is 4.39 Å². The Morgan fingerprint density at radius 1 is 0.775 bits per heavy atom. The highest BCUT2D eigenvalue weighted by molar-refractivity contribution is 5.33. The summed E-state index contributed by atoms with van der Waals surface area (Å²) in [7, 11) is 0. The van der Waals surface area contributed by atoms with Crippen molar-refractivity contribution in [2.75, 3.05) is 6.67 Å². The standard InChI is InChI=1S/C20H23F7O.C11H21F/c21-15-7-5-12(6-8-15)11-1-3-13(4-2-11)14-9-16(22)18(17(23)10-14)28-20(26,27)19(24)25;1-2-3-10-4-6-11(7-5-10)8-9-12/h9-13,15,19H,1-8H2;10-11H,2-9H2,1H3. The van der Waals surface area contributed by atoms with E-state index in [1.165, 1.54) is 38.5 Å². The molecule has 1 aromatic carbocycles. The van der Waals surface area contributed by atoms with Crippen LogP contribution >= 0.6 is 0 Å². The Bertz CT molecular complexity index is 833. The second-order valence-corrected chi connectivity index (χ2v) is 12.1. The summed E-state index contributed by atoms with van der Waals surface area (Å²) in [5, 5.41) is 0. The first-order valence-electron chi connectivity index (χ1n) is 15.1. The van der Waals surface area contributed by atoms with Crippen molar-refractivity contribution in [3.63, 3.8) is 0 Å².